The number of ether oxygens (including phenoxy) is 2. The lowest BCUT2D eigenvalue weighted by Crippen LogP contribution is -2.24. The third-order valence-corrected chi connectivity index (χ3v) is 4.20. The van der Waals surface area contributed by atoms with E-state index in [0.29, 0.717) is 23.6 Å². The van der Waals surface area contributed by atoms with Gasteiger partial charge in [-0.1, -0.05) is 6.07 Å². The molecule has 0 aliphatic heterocycles. The maximum absolute atomic E-state index is 12.4. The van der Waals surface area contributed by atoms with Crippen molar-refractivity contribution < 1.29 is 14.3 Å². The number of aromatic nitrogens is 1. The number of amides is 1. The minimum atomic E-state index is -0.241. The summed E-state index contributed by atoms with van der Waals surface area (Å²) in [6, 6.07) is 5.24. The number of carbonyl (C=O) groups excluding carboxylic acids is 1. The van der Waals surface area contributed by atoms with E-state index in [-0.39, 0.29) is 5.91 Å². The number of aryl methyl sites for hydroxylation is 2. The Hall–Kier alpha value is -2.08. The lowest BCUT2D eigenvalue weighted by Gasteiger charge is -2.12. The van der Waals surface area contributed by atoms with Gasteiger partial charge in [0.2, 0.25) is 0 Å². The van der Waals surface area contributed by atoms with Gasteiger partial charge < -0.3 is 14.8 Å². The molecule has 0 unspecified atom stereocenters. The summed E-state index contributed by atoms with van der Waals surface area (Å²) in [5.74, 6) is 0.728. The first-order valence-corrected chi connectivity index (χ1v) is 7.30. The molecule has 0 fully saturated rings. The molecule has 0 aliphatic rings. The second-order valence-corrected chi connectivity index (χ2v) is 5.76. The topological polar surface area (TPSA) is 60.5 Å². The summed E-state index contributed by atoms with van der Waals surface area (Å²) >= 11 is 1.58. The maximum Gasteiger partial charge on any atom is 0.259 e. The molecule has 0 atom stereocenters. The van der Waals surface area contributed by atoms with Gasteiger partial charge in [0.25, 0.3) is 5.91 Å². The van der Waals surface area contributed by atoms with Crippen LogP contribution in [0.25, 0.3) is 0 Å². The number of benzene rings is 1. The van der Waals surface area contributed by atoms with Gasteiger partial charge in [-0.3, -0.25) is 4.79 Å². The van der Waals surface area contributed by atoms with Gasteiger partial charge in [0.1, 0.15) is 22.1 Å². The predicted molar refractivity (Wildman–Crippen MR) is 82.3 cm³/mol. The van der Waals surface area contributed by atoms with Crippen LogP contribution in [0.5, 0.6) is 11.5 Å². The van der Waals surface area contributed by atoms with Gasteiger partial charge in [0.05, 0.1) is 26.5 Å². The second kappa shape index (κ2) is 6.58. The van der Waals surface area contributed by atoms with E-state index >= 15 is 0 Å². The normalized spacial score (nSPS) is 10.3. The van der Waals surface area contributed by atoms with Crippen LogP contribution >= 0.6 is 11.3 Å². The summed E-state index contributed by atoms with van der Waals surface area (Å²) < 4.78 is 10.5. The smallest absolute Gasteiger partial charge is 0.259 e. The van der Waals surface area contributed by atoms with Crippen molar-refractivity contribution in [1.82, 2.24) is 10.3 Å². The first-order valence-electron chi connectivity index (χ1n) is 6.49. The number of thiazole rings is 1. The molecular weight excluding hydrogens is 288 g/mol. The molecule has 0 radical (unpaired) electrons. The van der Waals surface area contributed by atoms with Gasteiger partial charge in [-0.15, -0.1) is 11.3 Å². The van der Waals surface area contributed by atoms with Crippen molar-refractivity contribution in [2.75, 3.05) is 14.2 Å². The average molecular weight is 306 g/mol. The van der Waals surface area contributed by atoms with Crippen molar-refractivity contribution in [1.29, 1.82) is 0 Å². The van der Waals surface area contributed by atoms with Crippen LogP contribution in [0, 0.1) is 13.8 Å². The Morgan fingerprint density at radius 2 is 1.86 bits per heavy atom. The lowest BCUT2D eigenvalue weighted by atomic mass is 10.1. The predicted octanol–water partition coefficient (Wildman–Crippen LogP) is 2.71. The van der Waals surface area contributed by atoms with Crippen molar-refractivity contribution in [3.05, 3.63) is 39.3 Å². The highest BCUT2D eigenvalue weighted by Gasteiger charge is 2.18. The zero-order valence-corrected chi connectivity index (χ0v) is 13.3. The van der Waals surface area contributed by atoms with E-state index in [0.717, 1.165) is 15.6 Å². The molecule has 1 amide bonds. The van der Waals surface area contributed by atoms with Crippen LogP contribution in [-0.4, -0.2) is 25.1 Å². The van der Waals surface area contributed by atoms with Crippen LogP contribution in [0.1, 0.15) is 25.9 Å². The first kappa shape index (κ1) is 15.3. The van der Waals surface area contributed by atoms with Crippen LogP contribution in [0.4, 0.5) is 0 Å². The highest BCUT2D eigenvalue weighted by Crippen LogP contribution is 2.28. The quantitative estimate of drug-likeness (QED) is 0.922. The number of carbonyl (C=O) groups is 1. The van der Waals surface area contributed by atoms with E-state index in [4.69, 9.17) is 9.47 Å². The number of nitrogens with one attached hydrogen (secondary N) is 1. The van der Waals surface area contributed by atoms with Crippen molar-refractivity contribution in [3.8, 4) is 11.5 Å². The van der Waals surface area contributed by atoms with E-state index in [9.17, 15) is 4.79 Å². The molecule has 5 nitrogen and oxygen atoms in total. The molecular formula is C15H18N2O3S. The Balaban J connectivity index is 2.16. The SMILES string of the molecule is COc1cccc(OC)c1C(=O)NCc1nc(C)c(C)s1. The van der Waals surface area contributed by atoms with E-state index in [1.807, 2.05) is 13.8 Å². The van der Waals surface area contributed by atoms with Gasteiger partial charge in [-0.25, -0.2) is 4.98 Å². The van der Waals surface area contributed by atoms with Gasteiger partial charge in [-0.2, -0.15) is 0 Å². The fourth-order valence-electron chi connectivity index (χ4n) is 1.93. The van der Waals surface area contributed by atoms with Crippen LogP contribution in [0.2, 0.25) is 0 Å². The number of hydrogen-bond acceptors (Lipinski definition) is 5. The Bertz CT molecular complexity index is 611. The molecule has 0 bridgehead atoms. The Kier molecular flexibility index (Phi) is 4.80. The Morgan fingerprint density at radius 1 is 1.24 bits per heavy atom. The number of methoxy groups -OCH3 is 2. The number of nitrogens with zero attached hydrogens (tertiary/aromatic N) is 1. The highest BCUT2D eigenvalue weighted by atomic mass is 32.1. The molecule has 1 aromatic heterocycles. The first-order chi connectivity index (χ1) is 10.1. The largest absolute Gasteiger partial charge is 0.496 e. The average Bonchev–Trinajstić information content (AvgIpc) is 2.82. The maximum atomic E-state index is 12.4. The fraction of sp³-hybridized carbons (Fsp3) is 0.333. The molecule has 0 aliphatic carbocycles. The number of hydrogen-bond donors (Lipinski definition) is 1. The van der Waals surface area contributed by atoms with Crippen molar-refractivity contribution in [3.63, 3.8) is 0 Å². The van der Waals surface area contributed by atoms with E-state index < -0.39 is 0 Å². The molecule has 1 heterocycles. The second-order valence-electron chi connectivity index (χ2n) is 4.47. The Morgan fingerprint density at radius 3 is 2.33 bits per heavy atom. The van der Waals surface area contributed by atoms with E-state index in [1.54, 1.807) is 29.5 Å². The van der Waals surface area contributed by atoms with Crippen LogP contribution < -0.4 is 14.8 Å². The van der Waals surface area contributed by atoms with E-state index in [2.05, 4.69) is 10.3 Å². The standard InChI is InChI=1S/C15H18N2O3S/c1-9-10(2)21-13(17-9)8-16-15(18)14-11(19-3)6-5-7-12(14)20-4/h5-7H,8H2,1-4H3,(H,16,18). The molecule has 0 saturated carbocycles. The molecule has 1 N–H and O–H groups in total. The van der Waals surface area contributed by atoms with Crippen LogP contribution in [0.3, 0.4) is 0 Å². The molecule has 0 saturated heterocycles. The van der Waals surface area contributed by atoms with Gasteiger partial charge >= 0.3 is 0 Å². The summed E-state index contributed by atoms with van der Waals surface area (Å²) in [6.45, 7) is 4.36. The molecule has 112 valence electrons. The minimum absolute atomic E-state index is 0.241. The van der Waals surface area contributed by atoms with Crippen molar-refractivity contribution in [2.45, 2.75) is 20.4 Å². The third-order valence-electron chi connectivity index (χ3n) is 3.13. The molecule has 2 rings (SSSR count). The van der Waals surface area contributed by atoms with Gasteiger partial charge in [-0.05, 0) is 26.0 Å². The fourth-order valence-corrected chi connectivity index (χ4v) is 2.81. The summed E-state index contributed by atoms with van der Waals surface area (Å²) in [6.07, 6.45) is 0. The van der Waals surface area contributed by atoms with Crippen LogP contribution in [-0.2, 0) is 6.54 Å². The Labute approximate surface area is 127 Å². The summed E-state index contributed by atoms with van der Waals surface area (Å²) in [4.78, 5) is 17.9. The molecule has 1 aromatic carbocycles. The minimum Gasteiger partial charge on any atom is -0.496 e. The monoisotopic (exact) mass is 306 g/mol. The highest BCUT2D eigenvalue weighted by molar-refractivity contribution is 7.11. The van der Waals surface area contributed by atoms with Crippen molar-refractivity contribution in [2.24, 2.45) is 0 Å². The zero-order valence-electron chi connectivity index (χ0n) is 12.5. The van der Waals surface area contributed by atoms with Gasteiger partial charge in [0, 0.05) is 4.88 Å². The molecule has 6 heteroatoms. The lowest BCUT2D eigenvalue weighted by molar-refractivity contribution is 0.0944. The third kappa shape index (κ3) is 3.33. The summed E-state index contributed by atoms with van der Waals surface area (Å²) in [5, 5.41) is 3.74. The molecule has 2 aromatic rings. The van der Waals surface area contributed by atoms with Gasteiger partial charge in [0.15, 0.2) is 0 Å². The summed E-state index contributed by atoms with van der Waals surface area (Å²) in [7, 11) is 3.05. The van der Waals surface area contributed by atoms with E-state index in [1.165, 1.54) is 14.2 Å². The van der Waals surface area contributed by atoms with Crippen LogP contribution in [0.15, 0.2) is 18.2 Å². The van der Waals surface area contributed by atoms with Crippen molar-refractivity contribution >= 4 is 17.2 Å². The molecule has 21 heavy (non-hydrogen) atoms. The molecule has 0 spiro atoms. The summed E-state index contributed by atoms with van der Waals surface area (Å²) in [5.41, 5.74) is 1.40. The zero-order chi connectivity index (χ0) is 15.4. The number of rotatable bonds is 5.